The molecule has 2 aromatic heterocycles. The molecule has 0 spiro atoms. The van der Waals surface area contributed by atoms with Crippen molar-refractivity contribution in [2.45, 2.75) is 25.8 Å². The summed E-state index contributed by atoms with van der Waals surface area (Å²) in [5.41, 5.74) is 2.29. The van der Waals surface area contributed by atoms with Gasteiger partial charge < -0.3 is 14.6 Å². The normalized spacial score (nSPS) is 14.8. The van der Waals surface area contributed by atoms with Gasteiger partial charge in [0.1, 0.15) is 0 Å². The van der Waals surface area contributed by atoms with Gasteiger partial charge in [-0.1, -0.05) is 18.2 Å². The number of nitrogens with one attached hydrogen (secondary N) is 1. The first-order chi connectivity index (χ1) is 13.6. The number of carbonyl (C=O) groups is 2. The van der Waals surface area contributed by atoms with E-state index < -0.39 is 0 Å². The highest BCUT2D eigenvalue weighted by atomic mass is 16.3. The fraction of sp³-hybridized carbons (Fsp3) is 0.286. The number of aromatic nitrogens is 2. The number of hydrogen-bond acceptors (Lipinski definition) is 4. The van der Waals surface area contributed by atoms with Gasteiger partial charge in [0, 0.05) is 19.1 Å². The van der Waals surface area contributed by atoms with E-state index in [0.717, 1.165) is 11.4 Å². The Bertz CT molecular complexity index is 955. The van der Waals surface area contributed by atoms with E-state index in [1.165, 1.54) is 6.26 Å². The molecule has 3 aromatic rings. The van der Waals surface area contributed by atoms with E-state index in [2.05, 4.69) is 10.4 Å². The fourth-order valence-electron chi connectivity index (χ4n) is 3.51. The number of rotatable bonds is 4. The summed E-state index contributed by atoms with van der Waals surface area (Å²) in [7, 11) is 0. The summed E-state index contributed by atoms with van der Waals surface area (Å²) in [4.78, 5) is 26.8. The van der Waals surface area contributed by atoms with E-state index in [0.29, 0.717) is 37.3 Å². The molecule has 1 saturated heterocycles. The third-order valence-electron chi connectivity index (χ3n) is 5.10. The Labute approximate surface area is 162 Å². The van der Waals surface area contributed by atoms with Gasteiger partial charge in [0.05, 0.1) is 29.4 Å². The van der Waals surface area contributed by atoms with E-state index in [1.807, 2.05) is 37.3 Å². The lowest BCUT2D eigenvalue weighted by molar-refractivity contribution is 0.0667. The van der Waals surface area contributed by atoms with Crippen LogP contribution in [0.1, 0.15) is 39.4 Å². The highest BCUT2D eigenvalue weighted by molar-refractivity contribution is 5.95. The molecular formula is C21H22N4O3. The molecule has 7 heteroatoms. The zero-order valence-corrected chi connectivity index (χ0v) is 15.7. The van der Waals surface area contributed by atoms with Crippen LogP contribution in [0.15, 0.2) is 59.3 Å². The number of benzene rings is 1. The van der Waals surface area contributed by atoms with Crippen LogP contribution in [0.5, 0.6) is 0 Å². The van der Waals surface area contributed by atoms with Gasteiger partial charge in [-0.2, -0.15) is 5.10 Å². The van der Waals surface area contributed by atoms with Gasteiger partial charge in [-0.3, -0.25) is 9.59 Å². The zero-order chi connectivity index (χ0) is 19.5. The van der Waals surface area contributed by atoms with Crippen molar-refractivity contribution >= 4 is 11.8 Å². The third-order valence-corrected chi connectivity index (χ3v) is 5.10. The first-order valence-corrected chi connectivity index (χ1v) is 9.37. The predicted molar refractivity (Wildman–Crippen MR) is 103 cm³/mol. The summed E-state index contributed by atoms with van der Waals surface area (Å²) >= 11 is 0. The average molecular weight is 378 g/mol. The minimum Gasteiger partial charge on any atom is -0.459 e. The van der Waals surface area contributed by atoms with Crippen molar-refractivity contribution in [3.8, 4) is 5.69 Å². The summed E-state index contributed by atoms with van der Waals surface area (Å²) < 4.78 is 6.94. The molecule has 1 aliphatic rings. The largest absolute Gasteiger partial charge is 0.459 e. The summed E-state index contributed by atoms with van der Waals surface area (Å²) in [6.07, 6.45) is 4.53. The Morgan fingerprint density at radius 1 is 1.11 bits per heavy atom. The van der Waals surface area contributed by atoms with E-state index >= 15 is 0 Å². The molecule has 4 rings (SSSR count). The van der Waals surface area contributed by atoms with Crippen molar-refractivity contribution in [1.82, 2.24) is 20.0 Å². The maximum Gasteiger partial charge on any atom is 0.289 e. The van der Waals surface area contributed by atoms with Crippen LogP contribution in [0.2, 0.25) is 0 Å². The molecule has 3 heterocycles. The van der Waals surface area contributed by atoms with E-state index in [-0.39, 0.29) is 17.9 Å². The van der Waals surface area contributed by atoms with Crippen LogP contribution in [0, 0.1) is 6.92 Å². The molecule has 28 heavy (non-hydrogen) atoms. The number of likely N-dealkylation sites (tertiary alicyclic amines) is 1. The highest BCUT2D eigenvalue weighted by Gasteiger charge is 2.26. The molecule has 7 nitrogen and oxygen atoms in total. The van der Waals surface area contributed by atoms with E-state index in [9.17, 15) is 9.59 Å². The Kier molecular flexibility index (Phi) is 4.97. The second-order valence-electron chi connectivity index (χ2n) is 6.91. The van der Waals surface area contributed by atoms with Gasteiger partial charge in [0.25, 0.3) is 11.8 Å². The number of carbonyl (C=O) groups excluding carboxylic acids is 2. The van der Waals surface area contributed by atoms with Crippen molar-refractivity contribution in [3.63, 3.8) is 0 Å². The van der Waals surface area contributed by atoms with Crippen molar-refractivity contribution in [1.29, 1.82) is 0 Å². The summed E-state index contributed by atoms with van der Waals surface area (Å²) in [5.74, 6) is 0.122. The first-order valence-electron chi connectivity index (χ1n) is 9.37. The second kappa shape index (κ2) is 7.72. The van der Waals surface area contributed by atoms with Crippen LogP contribution in [-0.4, -0.2) is 45.6 Å². The van der Waals surface area contributed by atoms with Gasteiger partial charge in [0.2, 0.25) is 0 Å². The molecule has 0 aliphatic carbocycles. The van der Waals surface area contributed by atoms with Crippen LogP contribution < -0.4 is 5.32 Å². The van der Waals surface area contributed by atoms with Crippen molar-refractivity contribution in [2.75, 3.05) is 13.1 Å². The Morgan fingerprint density at radius 3 is 2.54 bits per heavy atom. The molecule has 144 valence electrons. The number of hydrogen-bond donors (Lipinski definition) is 1. The first kappa shape index (κ1) is 18.0. The van der Waals surface area contributed by atoms with E-state index in [1.54, 1.807) is 27.9 Å². The molecule has 0 saturated carbocycles. The van der Waals surface area contributed by atoms with Crippen LogP contribution in [0.4, 0.5) is 0 Å². The van der Waals surface area contributed by atoms with Gasteiger partial charge in [0.15, 0.2) is 5.76 Å². The lowest BCUT2D eigenvalue weighted by atomic mass is 10.0. The maximum atomic E-state index is 12.7. The van der Waals surface area contributed by atoms with Crippen LogP contribution in [0.25, 0.3) is 5.69 Å². The minimum atomic E-state index is -0.129. The lowest BCUT2D eigenvalue weighted by Gasteiger charge is -2.31. The molecule has 1 N–H and O–H groups in total. The molecular weight excluding hydrogens is 356 g/mol. The van der Waals surface area contributed by atoms with Gasteiger partial charge >= 0.3 is 0 Å². The molecule has 0 atom stereocenters. The Morgan fingerprint density at radius 2 is 1.86 bits per heavy atom. The van der Waals surface area contributed by atoms with Crippen LogP contribution >= 0.6 is 0 Å². The van der Waals surface area contributed by atoms with Crippen LogP contribution in [-0.2, 0) is 0 Å². The zero-order valence-electron chi connectivity index (χ0n) is 15.7. The average Bonchev–Trinajstić information content (AvgIpc) is 3.39. The third kappa shape index (κ3) is 3.55. The van der Waals surface area contributed by atoms with E-state index in [4.69, 9.17) is 4.42 Å². The summed E-state index contributed by atoms with van der Waals surface area (Å²) in [6.45, 7) is 3.07. The summed E-state index contributed by atoms with van der Waals surface area (Å²) in [5, 5.41) is 7.44. The van der Waals surface area contributed by atoms with Gasteiger partial charge in [-0.15, -0.1) is 0 Å². The smallest absolute Gasteiger partial charge is 0.289 e. The quantitative estimate of drug-likeness (QED) is 0.757. The Hall–Kier alpha value is -3.35. The highest BCUT2D eigenvalue weighted by Crippen LogP contribution is 2.17. The number of amides is 2. The van der Waals surface area contributed by atoms with Crippen molar-refractivity contribution in [3.05, 3.63) is 71.9 Å². The second-order valence-corrected chi connectivity index (χ2v) is 6.91. The number of nitrogens with zero attached hydrogens (tertiary/aromatic N) is 3. The Balaban J connectivity index is 1.36. The molecule has 0 unspecified atom stereocenters. The standard InChI is InChI=1S/C21H22N4O3/c1-15-18(14-22-25(15)17-6-3-2-4-7-17)20(26)23-16-9-11-24(12-10-16)21(27)19-8-5-13-28-19/h2-8,13-14,16H,9-12H2,1H3,(H,23,26). The molecule has 1 aliphatic heterocycles. The summed E-state index contributed by atoms with van der Waals surface area (Å²) in [6, 6.07) is 13.1. The molecule has 1 aromatic carbocycles. The number of para-hydroxylation sites is 1. The van der Waals surface area contributed by atoms with Gasteiger partial charge in [-0.05, 0) is 44.0 Å². The number of piperidine rings is 1. The molecule has 2 amide bonds. The van der Waals surface area contributed by atoms with Crippen molar-refractivity contribution in [2.24, 2.45) is 0 Å². The maximum absolute atomic E-state index is 12.7. The fourth-order valence-corrected chi connectivity index (χ4v) is 3.51. The molecule has 1 fully saturated rings. The molecule has 0 radical (unpaired) electrons. The minimum absolute atomic E-state index is 0.0348. The predicted octanol–water partition coefficient (Wildman–Crippen LogP) is 2.81. The van der Waals surface area contributed by atoms with Gasteiger partial charge in [-0.25, -0.2) is 4.68 Å². The topological polar surface area (TPSA) is 80.4 Å². The SMILES string of the molecule is Cc1c(C(=O)NC2CCN(C(=O)c3ccco3)CC2)cnn1-c1ccccc1. The van der Waals surface area contributed by atoms with Crippen molar-refractivity contribution < 1.29 is 14.0 Å². The lowest BCUT2D eigenvalue weighted by Crippen LogP contribution is -2.46. The monoisotopic (exact) mass is 378 g/mol. The number of furan rings is 1. The molecule has 0 bridgehead atoms. The van der Waals surface area contributed by atoms with Crippen LogP contribution in [0.3, 0.4) is 0 Å².